The molecule has 2 rings (SSSR count). The molecule has 1 aliphatic carbocycles. The van der Waals surface area contributed by atoms with E-state index in [1.54, 1.807) is 6.07 Å². The minimum atomic E-state index is 0. The molecular formula is C18H29Cl2OSiTi-. The van der Waals surface area contributed by atoms with Gasteiger partial charge in [-0.1, -0.05) is 39.9 Å². The number of allylic oxidation sites excluding steroid dienone is 4. The fourth-order valence-corrected chi connectivity index (χ4v) is 1.54. The van der Waals surface area contributed by atoms with Gasteiger partial charge in [0.15, 0.2) is 0 Å². The number of aryl methyl sites for hydroxylation is 1. The minimum absolute atomic E-state index is 0. The summed E-state index contributed by atoms with van der Waals surface area (Å²) in [6, 6.07) is 5.71. The van der Waals surface area contributed by atoms with Crippen LogP contribution in [0.15, 0.2) is 36.4 Å². The zero-order chi connectivity index (χ0) is 15.6. The molecule has 0 saturated heterocycles. The molecule has 0 heterocycles. The number of phenols is 1. The Balaban J connectivity index is -0.000000140. The normalized spacial score (nSPS) is 10.7. The molecule has 0 spiro atoms. The quantitative estimate of drug-likeness (QED) is 0.417. The number of phenolic OH excluding ortho intramolecular Hbond substituents is 1. The third-order valence-corrected chi connectivity index (χ3v) is 2.51. The summed E-state index contributed by atoms with van der Waals surface area (Å²) in [7, 11) is 1.08. The summed E-state index contributed by atoms with van der Waals surface area (Å²) < 4.78 is 0. The molecule has 1 N–H and O–H groups in total. The number of aromatic hydroxyl groups is 1. The van der Waals surface area contributed by atoms with Crippen LogP contribution in [0.3, 0.4) is 0 Å². The number of hydrogen-bond donors (Lipinski definition) is 1. The maximum absolute atomic E-state index is 9.36. The predicted molar refractivity (Wildman–Crippen MR) is 105 cm³/mol. The van der Waals surface area contributed by atoms with Crippen molar-refractivity contribution in [2.24, 2.45) is 0 Å². The van der Waals surface area contributed by atoms with E-state index in [1.807, 2.05) is 25.1 Å². The zero-order valence-electron chi connectivity index (χ0n) is 14.9. The number of benzene rings is 1. The van der Waals surface area contributed by atoms with E-state index < -0.39 is 0 Å². The molecule has 0 atom stereocenters. The molecule has 0 bridgehead atoms. The summed E-state index contributed by atoms with van der Waals surface area (Å²) in [6.45, 7) is 12.7. The zero-order valence-corrected chi connectivity index (χ0v) is 19.1. The average Bonchev–Trinajstić information content (AvgIpc) is 2.85. The second-order valence-electron chi connectivity index (χ2n) is 5.81. The molecule has 0 amide bonds. The smallest absolute Gasteiger partial charge is 0.116 e. The number of rotatable bonds is 0. The molecule has 23 heavy (non-hydrogen) atoms. The molecule has 1 aliphatic rings. The molecular weight excluding hydrogens is 379 g/mol. The first-order valence-corrected chi connectivity index (χ1v) is 8.92. The van der Waals surface area contributed by atoms with Crippen LogP contribution in [-0.2, 0) is 27.1 Å². The van der Waals surface area contributed by atoms with Crippen LogP contribution in [0, 0.1) is 13.0 Å². The van der Waals surface area contributed by atoms with Gasteiger partial charge in [-0.15, -0.1) is 31.2 Å². The summed E-state index contributed by atoms with van der Waals surface area (Å²) in [5.74, 6) is 0.361. The van der Waals surface area contributed by atoms with E-state index in [9.17, 15) is 5.11 Å². The standard InChI is InChI=1S/C11H16O.C5H5.C2H6Si.2ClH.Ti/c1-8-5-9(11(2,3)4)7-10(12)6-8;1-2-4-5-3-1;1-3-2;;;/h5-7,12H,1-4H3;1-3H,4H2;1-2H3;2*1H;/q;-1;;;;. The van der Waals surface area contributed by atoms with Gasteiger partial charge in [0.2, 0.25) is 0 Å². The van der Waals surface area contributed by atoms with Crippen LogP contribution < -0.4 is 0 Å². The minimum Gasteiger partial charge on any atom is -0.508 e. The third-order valence-electron chi connectivity index (χ3n) is 2.51. The Kier molecular flexibility index (Phi) is 22.6. The summed E-state index contributed by atoms with van der Waals surface area (Å²) in [4.78, 5) is 0. The second-order valence-corrected chi connectivity index (χ2v) is 6.81. The predicted octanol–water partition coefficient (Wildman–Crippen LogP) is 5.93. The number of halogens is 2. The van der Waals surface area contributed by atoms with E-state index in [-0.39, 0.29) is 51.9 Å². The SMILES string of the molecule is C[Si]C.Cc1cc(O)cc(C(C)(C)C)c1.Cl.Cl.[C-]1=CC=CC1.[Ti]. The molecule has 0 aromatic heterocycles. The van der Waals surface area contributed by atoms with Gasteiger partial charge in [0, 0.05) is 31.2 Å². The molecule has 1 aromatic rings. The first kappa shape index (κ1) is 30.8. The van der Waals surface area contributed by atoms with E-state index in [2.05, 4.69) is 52.1 Å². The molecule has 5 heteroatoms. The molecule has 0 unspecified atom stereocenters. The number of hydrogen-bond acceptors (Lipinski definition) is 1. The van der Waals surface area contributed by atoms with Crippen molar-refractivity contribution < 1.29 is 26.8 Å². The van der Waals surface area contributed by atoms with Gasteiger partial charge in [-0.05, 0) is 35.6 Å². The van der Waals surface area contributed by atoms with Gasteiger partial charge in [0.05, 0.1) is 0 Å². The topological polar surface area (TPSA) is 20.2 Å². The maximum Gasteiger partial charge on any atom is 0.116 e. The van der Waals surface area contributed by atoms with Gasteiger partial charge in [0.25, 0.3) is 0 Å². The van der Waals surface area contributed by atoms with Crippen LogP contribution in [0.2, 0.25) is 13.1 Å². The van der Waals surface area contributed by atoms with Crippen LogP contribution in [0.4, 0.5) is 0 Å². The van der Waals surface area contributed by atoms with Gasteiger partial charge in [0.1, 0.15) is 5.75 Å². The largest absolute Gasteiger partial charge is 0.508 e. The molecule has 2 radical (unpaired) electrons. The first-order valence-electron chi connectivity index (χ1n) is 6.92. The van der Waals surface area contributed by atoms with E-state index in [1.165, 1.54) is 5.56 Å². The summed E-state index contributed by atoms with van der Waals surface area (Å²) in [6.07, 6.45) is 10.0. The Labute approximate surface area is 172 Å². The molecule has 0 aliphatic heterocycles. The van der Waals surface area contributed by atoms with Crippen LogP contribution in [-0.4, -0.2) is 14.6 Å². The van der Waals surface area contributed by atoms with Gasteiger partial charge < -0.3 is 5.11 Å². The Morgan fingerprint density at radius 3 is 1.87 bits per heavy atom. The summed E-state index contributed by atoms with van der Waals surface area (Å²) >= 11 is 0. The van der Waals surface area contributed by atoms with Crippen LogP contribution in [0.5, 0.6) is 5.75 Å². The van der Waals surface area contributed by atoms with Crippen molar-refractivity contribution in [3.05, 3.63) is 53.6 Å². The van der Waals surface area contributed by atoms with Crippen molar-refractivity contribution in [1.82, 2.24) is 0 Å². The fraction of sp³-hybridized carbons (Fsp3) is 0.444. The Bertz CT molecular complexity index is 425. The van der Waals surface area contributed by atoms with E-state index in [0.717, 1.165) is 21.5 Å². The van der Waals surface area contributed by atoms with Crippen molar-refractivity contribution in [1.29, 1.82) is 0 Å². The molecule has 130 valence electrons. The van der Waals surface area contributed by atoms with Crippen LogP contribution in [0.1, 0.15) is 38.3 Å². The van der Waals surface area contributed by atoms with Crippen LogP contribution in [0.25, 0.3) is 0 Å². The molecule has 1 aromatic carbocycles. The Morgan fingerprint density at radius 1 is 1.09 bits per heavy atom. The van der Waals surface area contributed by atoms with Gasteiger partial charge >= 0.3 is 0 Å². The average molecular weight is 408 g/mol. The van der Waals surface area contributed by atoms with E-state index in [4.69, 9.17) is 0 Å². The van der Waals surface area contributed by atoms with Crippen LogP contribution >= 0.6 is 24.8 Å². The van der Waals surface area contributed by atoms with Crippen molar-refractivity contribution in [2.75, 3.05) is 0 Å². The Morgan fingerprint density at radius 2 is 1.61 bits per heavy atom. The third kappa shape index (κ3) is 16.6. The molecule has 0 fully saturated rings. The monoisotopic (exact) mass is 407 g/mol. The maximum atomic E-state index is 9.36. The van der Waals surface area contributed by atoms with Crippen molar-refractivity contribution in [2.45, 2.75) is 52.6 Å². The fourth-order valence-electron chi connectivity index (χ4n) is 1.54. The summed E-state index contributed by atoms with van der Waals surface area (Å²) in [5, 5.41) is 9.36. The van der Waals surface area contributed by atoms with Crippen molar-refractivity contribution in [3.63, 3.8) is 0 Å². The second kappa shape index (κ2) is 16.9. The van der Waals surface area contributed by atoms with Crippen molar-refractivity contribution >= 4 is 34.3 Å². The first-order chi connectivity index (χ1) is 9.31. The van der Waals surface area contributed by atoms with Gasteiger partial charge in [-0.25, -0.2) is 12.2 Å². The van der Waals surface area contributed by atoms with Gasteiger partial charge in [-0.2, -0.15) is 6.08 Å². The summed E-state index contributed by atoms with van der Waals surface area (Å²) in [5.41, 5.74) is 2.41. The van der Waals surface area contributed by atoms with Gasteiger partial charge in [-0.3, -0.25) is 6.08 Å². The van der Waals surface area contributed by atoms with E-state index in [0.29, 0.717) is 5.75 Å². The molecule has 0 saturated carbocycles. The Hall–Kier alpha value is 0.0112. The van der Waals surface area contributed by atoms with E-state index >= 15 is 0 Å². The molecule has 1 nitrogen and oxygen atoms in total. The van der Waals surface area contributed by atoms with Crippen molar-refractivity contribution in [3.8, 4) is 5.75 Å².